The Bertz CT molecular complexity index is 483. The number of rotatable bonds is 3. The molecule has 1 aliphatic rings. The smallest absolute Gasteiger partial charge is 0.160 e. The van der Waals surface area contributed by atoms with E-state index in [0.29, 0.717) is 17.2 Å². The second-order valence-electron chi connectivity index (χ2n) is 4.29. The normalized spacial score (nSPS) is 17.9. The lowest BCUT2D eigenvalue weighted by Crippen LogP contribution is -2.10. The van der Waals surface area contributed by atoms with Crippen LogP contribution in [0.5, 0.6) is 5.75 Å². The number of carbonyl (C=O) groups is 1. The molecule has 0 saturated heterocycles. The van der Waals surface area contributed by atoms with Crippen molar-refractivity contribution in [2.45, 2.75) is 25.7 Å². The minimum absolute atomic E-state index is 0.231. The Morgan fingerprint density at radius 2 is 2.11 bits per heavy atom. The predicted octanol–water partition coefficient (Wildman–Crippen LogP) is 3.79. The van der Waals surface area contributed by atoms with Crippen molar-refractivity contribution in [2.75, 3.05) is 12.4 Å². The molecule has 1 fully saturated rings. The molecule has 1 aliphatic carbocycles. The fourth-order valence-corrected chi connectivity index (χ4v) is 2.18. The summed E-state index contributed by atoms with van der Waals surface area (Å²) < 4.78 is 5.23. The van der Waals surface area contributed by atoms with Crippen LogP contribution in [0.2, 0.25) is 5.02 Å². The fraction of sp³-hybridized carbons (Fsp3) is 0.357. The zero-order chi connectivity index (χ0) is 13.0. The van der Waals surface area contributed by atoms with Crippen molar-refractivity contribution < 1.29 is 9.53 Å². The van der Waals surface area contributed by atoms with Gasteiger partial charge < -0.3 is 10.1 Å². The van der Waals surface area contributed by atoms with Gasteiger partial charge in [0, 0.05) is 23.2 Å². The van der Waals surface area contributed by atoms with Gasteiger partial charge in [-0.3, -0.25) is 4.79 Å². The van der Waals surface area contributed by atoms with Crippen LogP contribution in [0.3, 0.4) is 0 Å². The summed E-state index contributed by atoms with van der Waals surface area (Å²) in [5.41, 5.74) is 1.62. The summed E-state index contributed by atoms with van der Waals surface area (Å²) in [6.07, 6.45) is 5.34. The van der Waals surface area contributed by atoms with E-state index in [1.807, 2.05) is 0 Å². The molecule has 0 aromatic heterocycles. The molecule has 3 nitrogen and oxygen atoms in total. The largest absolute Gasteiger partial charge is 0.495 e. The molecule has 96 valence electrons. The fourth-order valence-electron chi connectivity index (χ4n) is 2.01. The SMILES string of the molecule is COc1ccc(Cl)cc1N/C=C1\CCCCC1=O. The molecule has 0 radical (unpaired) electrons. The molecule has 1 aromatic rings. The summed E-state index contributed by atoms with van der Waals surface area (Å²) in [5.74, 6) is 0.939. The van der Waals surface area contributed by atoms with Crippen molar-refractivity contribution >= 4 is 23.1 Å². The topological polar surface area (TPSA) is 38.3 Å². The molecule has 0 spiro atoms. The molecule has 1 saturated carbocycles. The molecular weight excluding hydrogens is 250 g/mol. The third-order valence-corrected chi connectivity index (χ3v) is 3.26. The van der Waals surface area contributed by atoms with Crippen LogP contribution >= 0.6 is 11.6 Å². The maximum atomic E-state index is 11.7. The quantitative estimate of drug-likeness (QED) is 0.845. The van der Waals surface area contributed by atoms with Crippen molar-refractivity contribution in [1.29, 1.82) is 0 Å². The lowest BCUT2D eigenvalue weighted by Gasteiger charge is -2.14. The molecule has 0 bridgehead atoms. The lowest BCUT2D eigenvalue weighted by molar-refractivity contribution is -0.116. The molecule has 18 heavy (non-hydrogen) atoms. The summed E-state index contributed by atoms with van der Waals surface area (Å²) in [6, 6.07) is 5.35. The zero-order valence-electron chi connectivity index (χ0n) is 10.3. The highest BCUT2D eigenvalue weighted by molar-refractivity contribution is 6.30. The van der Waals surface area contributed by atoms with Gasteiger partial charge in [0.2, 0.25) is 0 Å². The molecule has 4 heteroatoms. The highest BCUT2D eigenvalue weighted by Crippen LogP contribution is 2.28. The Hall–Kier alpha value is -1.48. The van der Waals surface area contributed by atoms with Gasteiger partial charge >= 0.3 is 0 Å². The van der Waals surface area contributed by atoms with Crippen LogP contribution in [0.15, 0.2) is 30.0 Å². The highest BCUT2D eigenvalue weighted by atomic mass is 35.5. The maximum absolute atomic E-state index is 11.7. The van der Waals surface area contributed by atoms with Gasteiger partial charge in [-0.05, 0) is 37.5 Å². The number of benzene rings is 1. The number of Topliss-reactive ketones (excluding diaryl/α,β-unsaturated/α-hetero) is 1. The number of methoxy groups -OCH3 is 1. The van der Waals surface area contributed by atoms with E-state index in [1.165, 1.54) is 0 Å². The molecule has 1 aromatic carbocycles. The van der Waals surface area contributed by atoms with Gasteiger partial charge in [-0.1, -0.05) is 11.6 Å². The summed E-state index contributed by atoms with van der Waals surface area (Å²) >= 11 is 5.94. The van der Waals surface area contributed by atoms with E-state index >= 15 is 0 Å². The number of ketones is 1. The number of nitrogens with one attached hydrogen (secondary N) is 1. The van der Waals surface area contributed by atoms with E-state index in [9.17, 15) is 4.79 Å². The van der Waals surface area contributed by atoms with Crippen LogP contribution in [0.25, 0.3) is 0 Å². The average molecular weight is 266 g/mol. The summed E-state index contributed by atoms with van der Waals surface area (Å²) in [5, 5.41) is 3.74. The van der Waals surface area contributed by atoms with Crippen LogP contribution in [-0.2, 0) is 4.79 Å². The summed E-state index contributed by atoms with van der Waals surface area (Å²) in [4.78, 5) is 11.7. The molecule has 0 atom stereocenters. The monoisotopic (exact) mass is 265 g/mol. The van der Waals surface area contributed by atoms with Crippen molar-refractivity contribution in [1.82, 2.24) is 0 Å². The van der Waals surface area contributed by atoms with Crippen molar-refractivity contribution in [3.05, 3.63) is 35.0 Å². The van der Waals surface area contributed by atoms with Crippen molar-refractivity contribution in [3.8, 4) is 5.75 Å². The van der Waals surface area contributed by atoms with Crippen molar-refractivity contribution in [3.63, 3.8) is 0 Å². The molecule has 0 unspecified atom stereocenters. The van der Waals surface area contributed by atoms with Gasteiger partial charge in [-0.25, -0.2) is 0 Å². The van der Waals surface area contributed by atoms with Gasteiger partial charge in [-0.15, -0.1) is 0 Å². The van der Waals surface area contributed by atoms with Crippen molar-refractivity contribution in [2.24, 2.45) is 0 Å². The van der Waals surface area contributed by atoms with E-state index in [0.717, 1.165) is 30.5 Å². The second-order valence-corrected chi connectivity index (χ2v) is 4.73. The first kappa shape index (κ1) is 13.0. The Kier molecular flexibility index (Phi) is 4.26. The number of hydrogen-bond donors (Lipinski definition) is 1. The minimum atomic E-state index is 0.231. The Balaban J connectivity index is 2.16. The number of halogens is 1. The maximum Gasteiger partial charge on any atom is 0.160 e. The third-order valence-electron chi connectivity index (χ3n) is 3.02. The van der Waals surface area contributed by atoms with Crippen LogP contribution in [-0.4, -0.2) is 12.9 Å². The standard InChI is InChI=1S/C14H16ClNO2/c1-18-14-7-6-11(15)8-12(14)16-9-10-4-2-3-5-13(10)17/h6-9,16H,2-5H2,1H3/b10-9+. The van der Waals surface area contributed by atoms with Gasteiger partial charge in [0.05, 0.1) is 12.8 Å². The van der Waals surface area contributed by atoms with Crippen LogP contribution in [0, 0.1) is 0 Å². The lowest BCUT2D eigenvalue weighted by atomic mass is 9.94. The third kappa shape index (κ3) is 3.05. The number of ether oxygens (including phenoxy) is 1. The average Bonchev–Trinajstić information content (AvgIpc) is 2.38. The number of hydrogen-bond acceptors (Lipinski definition) is 3. The van der Waals surface area contributed by atoms with Crippen LogP contribution < -0.4 is 10.1 Å². The summed E-state index contributed by atoms with van der Waals surface area (Å²) in [7, 11) is 1.60. The summed E-state index contributed by atoms with van der Waals surface area (Å²) in [6.45, 7) is 0. The van der Waals surface area contributed by atoms with Crippen LogP contribution in [0.1, 0.15) is 25.7 Å². The Labute approximate surface area is 112 Å². The molecule has 2 rings (SSSR count). The highest BCUT2D eigenvalue weighted by Gasteiger charge is 2.14. The van der Waals surface area contributed by atoms with E-state index in [4.69, 9.17) is 16.3 Å². The van der Waals surface area contributed by atoms with Gasteiger partial charge in [0.1, 0.15) is 5.75 Å². The van der Waals surface area contributed by atoms with Gasteiger partial charge in [0.15, 0.2) is 5.78 Å². The van der Waals surface area contributed by atoms with Gasteiger partial charge in [-0.2, -0.15) is 0 Å². The first-order valence-corrected chi connectivity index (χ1v) is 6.41. The molecule has 0 amide bonds. The van der Waals surface area contributed by atoms with E-state index in [1.54, 1.807) is 31.5 Å². The Morgan fingerprint density at radius 3 is 2.83 bits per heavy atom. The molecular formula is C14H16ClNO2. The second kappa shape index (κ2) is 5.91. The van der Waals surface area contributed by atoms with Crippen LogP contribution in [0.4, 0.5) is 5.69 Å². The zero-order valence-corrected chi connectivity index (χ0v) is 11.1. The first-order chi connectivity index (χ1) is 8.70. The van der Waals surface area contributed by atoms with E-state index in [-0.39, 0.29) is 5.78 Å². The van der Waals surface area contributed by atoms with Gasteiger partial charge in [0.25, 0.3) is 0 Å². The number of allylic oxidation sites excluding steroid dienone is 1. The minimum Gasteiger partial charge on any atom is -0.495 e. The first-order valence-electron chi connectivity index (χ1n) is 6.03. The van der Waals surface area contributed by atoms with E-state index < -0.39 is 0 Å². The molecule has 0 aliphatic heterocycles. The number of carbonyl (C=O) groups excluding carboxylic acids is 1. The Morgan fingerprint density at radius 1 is 1.33 bits per heavy atom. The number of anilines is 1. The molecule has 1 N–H and O–H groups in total. The molecule has 0 heterocycles. The predicted molar refractivity (Wildman–Crippen MR) is 73.2 cm³/mol. The van der Waals surface area contributed by atoms with E-state index in [2.05, 4.69) is 5.32 Å².